The van der Waals surface area contributed by atoms with E-state index in [9.17, 15) is 33.6 Å². The molecule has 1 aromatic heterocycles. The summed E-state index contributed by atoms with van der Waals surface area (Å²) in [6.45, 7) is 10.7. The summed E-state index contributed by atoms with van der Waals surface area (Å²) in [6, 6.07) is -7.29. The quantitative estimate of drug-likeness (QED) is 0.0198. The van der Waals surface area contributed by atoms with Crippen molar-refractivity contribution < 1.29 is 33.6 Å². The number of guanidine groups is 1. The van der Waals surface area contributed by atoms with Crippen LogP contribution in [-0.4, -0.2) is 113 Å². The van der Waals surface area contributed by atoms with Gasteiger partial charge in [0.1, 0.15) is 36.5 Å². The Balaban J connectivity index is 3.18. The molecular weight excluding hydrogens is 714 g/mol. The number of carbonyl (C=O) groups excluding carboxylic acids is 7. The largest absolute Gasteiger partial charge is 0.370 e. The molecule has 1 rings (SSSR count). The van der Waals surface area contributed by atoms with Crippen LogP contribution < -0.4 is 54.8 Å². The Morgan fingerprint density at radius 3 is 1.87 bits per heavy atom. The summed E-state index contributed by atoms with van der Waals surface area (Å²) in [7, 11) is 0. The molecule has 0 radical (unpaired) electrons. The number of rotatable bonds is 26. The minimum absolute atomic E-state index is 0.0568. The number of hydrogen-bond acceptors (Lipinski definition) is 11. The van der Waals surface area contributed by atoms with Gasteiger partial charge in [-0.3, -0.25) is 33.8 Å². The lowest BCUT2D eigenvalue weighted by atomic mass is 10.00. The molecule has 1 heterocycles. The molecule has 0 saturated heterocycles. The van der Waals surface area contributed by atoms with Crippen molar-refractivity contribution in [3.63, 3.8) is 0 Å². The maximum atomic E-state index is 13.7. The molecule has 15 N–H and O–H groups in total. The van der Waals surface area contributed by atoms with Gasteiger partial charge in [-0.15, -0.1) is 0 Å². The average Bonchev–Trinajstić information content (AvgIpc) is 3.63. The third-order valence-electron chi connectivity index (χ3n) is 8.40. The van der Waals surface area contributed by atoms with Crippen LogP contribution in [0.5, 0.6) is 0 Å². The SMILES string of the molecule is CC(C)C[C@@H](C=O)NC(=O)[C@@H](NC(=O)[C@H](CCCCN)NC(=O)[C@H](C)NC(=O)[C@H](Cc1cnc[nH]1)NC(=O)[C@H](CCCN=C(N)N)NC(=O)[C@H](C)N)C(C)C. The van der Waals surface area contributed by atoms with Crippen molar-refractivity contribution in [1.82, 2.24) is 41.9 Å². The van der Waals surface area contributed by atoms with Crippen molar-refractivity contribution in [2.45, 2.75) is 129 Å². The molecule has 0 fully saturated rings. The summed E-state index contributed by atoms with van der Waals surface area (Å²) in [6.07, 6.45) is 5.52. The van der Waals surface area contributed by atoms with Crippen LogP contribution in [0.1, 0.15) is 85.8 Å². The predicted molar refractivity (Wildman–Crippen MR) is 206 cm³/mol. The van der Waals surface area contributed by atoms with Gasteiger partial charge in [0.15, 0.2) is 5.96 Å². The van der Waals surface area contributed by atoms with E-state index in [1.165, 1.54) is 26.4 Å². The molecule has 0 bridgehead atoms. The highest BCUT2D eigenvalue weighted by atomic mass is 16.2. The molecule has 55 heavy (non-hydrogen) atoms. The minimum atomic E-state index is -1.24. The molecular formula is C35H63N13O7. The van der Waals surface area contributed by atoms with Crippen LogP contribution in [-0.2, 0) is 40.0 Å². The number of aromatic nitrogens is 2. The van der Waals surface area contributed by atoms with Crippen molar-refractivity contribution in [3.8, 4) is 0 Å². The predicted octanol–water partition coefficient (Wildman–Crippen LogP) is -2.69. The number of nitrogens with one attached hydrogen (secondary N) is 7. The van der Waals surface area contributed by atoms with Gasteiger partial charge in [0.2, 0.25) is 35.4 Å². The summed E-state index contributed by atoms with van der Waals surface area (Å²) in [5.74, 6) is -4.26. The van der Waals surface area contributed by atoms with Crippen LogP contribution in [0.15, 0.2) is 17.5 Å². The zero-order valence-electron chi connectivity index (χ0n) is 32.9. The zero-order chi connectivity index (χ0) is 41.7. The number of aldehydes is 1. The first-order valence-electron chi connectivity index (χ1n) is 18.7. The van der Waals surface area contributed by atoms with E-state index in [1.807, 2.05) is 13.8 Å². The van der Waals surface area contributed by atoms with Gasteiger partial charge in [-0.1, -0.05) is 27.7 Å². The van der Waals surface area contributed by atoms with Crippen LogP contribution in [0.2, 0.25) is 0 Å². The summed E-state index contributed by atoms with van der Waals surface area (Å²) in [5.41, 5.74) is 22.6. The lowest BCUT2D eigenvalue weighted by molar-refractivity contribution is -0.135. The monoisotopic (exact) mass is 777 g/mol. The van der Waals surface area contributed by atoms with Gasteiger partial charge >= 0.3 is 0 Å². The third-order valence-corrected chi connectivity index (χ3v) is 8.40. The van der Waals surface area contributed by atoms with Crippen LogP contribution in [0.3, 0.4) is 0 Å². The Bertz CT molecular complexity index is 1410. The second kappa shape index (κ2) is 25.1. The number of nitrogens with zero attached hydrogens (tertiary/aromatic N) is 2. The molecule has 6 amide bonds. The Labute approximate surface area is 322 Å². The fourth-order valence-electron chi connectivity index (χ4n) is 5.33. The highest BCUT2D eigenvalue weighted by molar-refractivity contribution is 5.96. The zero-order valence-corrected chi connectivity index (χ0v) is 32.9. The van der Waals surface area contributed by atoms with Gasteiger partial charge < -0.3 is 64.6 Å². The number of hydrogen-bond donors (Lipinski definition) is 11. The molecule has 0 unspecified atom stereocenters. The number of unbranched alkanes of at least 4 members (excludes halogenated alkanes) is 1. The average molecular weight is 778 g/mol. The fraction of sp³-hybridized carbons (Fsp3) is 0.686. The van der Waals surface area contributed by atoms with E-state index in [2.05, 4.69) is 46.9 Å². The van der Waals surface area contributed by atoms with Gasteiger partial charge in [-0.05, 0) is 70.8 Å². The van der Waals surface area contributed by atoms with E-state index in [-0.39, 0.29) is 43.6 Å². The van der Waals surface area contributed by atoms with Crippen molar-refractivity contribution in [2.75, 3.05) is 13.1 Å². The lowest BCUT2D eigenvalue weighted by Crippen LogP contribution is -2.60. The summed E-state index contributed by atoms with van der Waals surface area (Å²) in [4.78, 5) is 102. The topological polar surface area (TPSA) is 337 Å². The number of aliphatic imine (C=N–C) groups is 1. The van der Waals surface area contributed by atoms with Gasteiger partial charge in [-0.2, -0.15) is 0 Å². The molecule has 0 aliphatic rings. The van der Waals surface area contributed by atoms with Crippen LogP contribution >= 0.6 is 0 Å². The highest BCUT2D eigenvalue weighted by Gasteiger charge is 2.33. The number of carbonyl (C=O) groups is 7. The van der Waals surface area contributed by atoms with Crippen molar-refractivity contribution in [3.05, 3.63) is 18.2 Å². The van der Waals surface area contributed by atoms with Gasteiger partial charge in [0, 0.05) is 24.9 Å². The summed E-state index contributed by atoms with van der Waals surface area (Å²) >= 11 is 0. The second-order valence-electron chi connectivity index (χ2n) is 14.3. The lowest BCUT2D eigenvalue weighted by Gasteiger charge is -2.28. The van der Waals surface area contributed by atoms with Crippen molar-refractivity contribution in [1.29, 1.82) is 0 Å². The Hall–Kier alpha value is -5.11. The first-order valence-corrected chi connectivity index (χ1v) is 18.7. The molecule has 0 aromatic carbocycles. The highest BCUT2D eigenvalue weighted by Crippen LogP contribution is 2.09. The van der Waals surface area contributed by atoms with Gasteiger partial charge in [-0.25, -0.2) is 4.98 Å². The van der Waals surface area contributed by atoms with E-state index in [0.717, 1.165) is 0 Å². The van der Waals surface area contributed by atoms with E-state index in [1.54, 1.807) is 13.8 Å². The third kappa shape index (κ3) is 18.7. The summed E-state index contributed by atoms with van der Waals surface area (Å²) < 4.78 is 0. The first-order chi connectivity index (χ1) is 25.9. The van der Waals surface area contributed by atoms with Gasteiger partial charge in [0.25, 0.3) is 0 Å². The normalized spacial score (nSPS) is 14.9. The van der Waals surface area contributed by atoms with E-state index < -0.39 is 77.7 Å². The molecule has 7 atom stereocenters. The van der Waals surface area contributed by atoms with Crippen LogP contribution in [0.4, 0.5) is 0 Å². The van der Waals surface area contributed by atoms with E-state index in [4.69, 9.17) is 22.9 Å². The molecule has 310 valence electrons. The molecule has 20 heteroatoms. The maximum Gasteiger partial charge on any atom is 0.243 e. The number of imidazole rings is 1. The van der Waals surface area contributed by atoms with E-state index in [0.29, 0.717) is 44.2 Å². The number of nitrogens with two attached hydrogens (primary N) is 4. The Morgan fingerprint density at radius 1 is 0.764 bits per heavy atom. The molecule has 0 saturated carbocycles. The Kier molecular flexibility index (Phi) is 21.8. The second-order valence-corrected chi connectivity index (χ2v) is 14.3. The fourth-order valence-corrected chi connectivity index (χ4v) is 5.33. The smallest absolute Gasteiger partial charge is 0.243 e. The Morgan fingerprint density at radius 2 is 1.35 bits per heavy atom. The minimum Gasteiger partial charge on any atom is -0.370 e. The van der Waals surface area contributed by atoms with Crippen molar-refractivity contribution >= 4 is 47.7 Å². The molecule has 0 aliphatic heterocycles. The first kappa shape index (κ1) is 47.9. The van der Waals surface area contributed by atoms with Crippen molar-refractivity contribution in [2.24, 2.45) is 39.8 Å². The number of amides is 6. The maximum absolute atomic E-state index is 13.7. The van der Waals surface area contributed by atoms with Crippen LogP contribution in [0.25, 0.3) is 0 Å². The number of H-pyrrole nitrogens is 1. The van der Waals surface area contributed by atoms with Gasteiger partial charge in [0.05, 0.1) is 18.4 Å². The summed E-state index contributed by atoms with van der Waals surface area (Å²) in [5, 5.41) is 15.9. The standard InChI is InChI=1S/C35H63N13O7/c1-19(2)14-24(17-49)44-34(55)28(20(3)4)48-32(53)25(10-7-8-12-36)46-30(51)22(6)43-33(54)27(15-23-16-40-18-42-23)47-31(52)26(45-29(50)21(5)37)11-9-13-41-35(38)39/h16-22,24-28H,7-15,36-37H2,1-6H3,(H,40,42)(H,43,54)(H,44,55)(H,45,50)(H,46,51)(H,47,52)(H,48,53)(H4,38,39,41)/t21-,22-,24-,25-,26-,27-,28-/m0/s1. The molecule has 0 spiro atoms. The van der Waals surface area contributed by atoms with E-state index >= 15 is 0 Å². The molecule has 1 aromatic rings. The van der Waals surface area contributed by atoms with Crippen LogP contribution in [0, 0.1) is 11.8 Å². The molecule has 0 aliphatic carbocycles. The molecule has 20 nitrogen and oxygen atoms in total. The number of aromatic amines is 1.